The van der Waals surface area contributed by atoms with Crippen LogP contribution >= 0.6 is 12.4 Å². The summed E-state index contributed by atoms with van der Waals surface area (Å²) in [6.07, 6.45) is 0.180. The molecule has 5 heteroatoms. The second-order valence-electron chi connectivity index (χ2n) is 5.10. The lowest BCUT2D eigenvalue weighted by atomic mass is 9.95. The fraction of sp³-hybridized carbons (Fsp3) is 0.235. The number of amides is 1. The van der Waals surface area contributed by atoms with E-state index in [1.54, 1.807) is 0 Å². The van der Waals surface area contributed by atoms with Crippen LogP contribution in [0.5, 0.6) is 0 Å². The number of carboxylic acid groups (broad SMARTS) is 1. The van der Waals surface area contributed by atoms with Crippen LogP contribution in [0.1, 0.15) is 11.1 Å². The highest BCUT2D eigenvalue weighted by Gasteiger charge is 2.20. The van der Waals surface area contributed by atoms with Gasteiger partial charge in [0.1, 0.15) is 0 Å². The molecule has 0 saturated heterocycles. The number of nitrogens with one attached hydrogen (secondary N) is 1. The van der Waals surface area contributed by atoms with Crippen molar-refractivity contribution in [3.63, 3.8) is 0 Å². The van der Waals surface area contributed by atoms with E-state index in [1.807, 2.05) is 60.7 Å². The first-order valence-corrected chi connectivity index (χ1v) is 6.98. The zero-order chi connectivity index (χ0) is 15.1. The lowest BCUT2D eigenvalue weighted by Gasteiger charge is -2.24. The first kappa shape index (κ1) is 18.0. The standard InChI is InChI=1S/C17H20N2O2.ClH/c18-15(11-13-7-3-1-4-8-13)16(19-17(20)21)12-14-9-5-2-6-10-14;/h1-10,15-16,19H,11-12,18H2,(H,20,21);1H/t15-,16-;/m0./s1. The Hall–Kier alpha value is -2.04. The van der Waals surface area contributed by atoms with Gasteiger partial charge in [-0.3, -0.25) is 0 Å². The van der Waals surface area contributed by atoms with E-state index in [2.05, 4.69) is 5.32 Å². The molecule has 4 nitrogen and oxygen atoms in total. The highest BCUT2D eigenvalue weighted by atomic mass is 35.5. The van der Waals surface area contributed by atoms with Crippen molar-refractivity contribution < 1.29 is 9.90 Å². The molecule has 0 unspecified atom stereocenters. The largest absolute Gasteiger partial charge is 0.465 e. The highest BCUT2D eigenvalue weighted by molar-refractivity contribution is 5.85. The molecular weight excluding hydrogens is 300 g/mol. The Balaban J connectivity index is 0.00000242. The van der Waals surface area contributed by atoms with Crippen molar-refractivity contribution in [1.29, 1.82) is 0 Å². The van der Waals surface area contributed by atoms with Crippen LogP contribution in [0, 0.1) is 0 Å². The normalized spacial score (nSPS) is 12.8. The molecule has 0 bridgehead atoms. The predicted molar refractivity (Wildman–Crippen MR) is 90.5 cm³/mol. The van der Waals surface area contributed by atoms with Crippen LogP contribution in [0.15, 0.2) is 60.7 Å². The third kappa shape index (κ3) is 5.76. The first-order valence-electron chi connectivity index (χ1n) is 6.98. The van der Waals surface area contributed by atoms with Crippen LogP contribution in [0.3, 0.4) is 0 Å². The molecule has 0 heterocycles. The Morgan fingerprint density at radius 3 is 1.86 bits per heavy atom. The summed E-state index contributed by atoms with van der Waals surface area (Å²) >= 11 is 0. The maximum atomic E-state index is 11.0. The molecule has 0 aromatic heterocycles. The second kappa shape index (κ2) is 9.07. The number of nitrogens with two attached hydrogens (primary N) is 1. The van der Waals surface area contributed by atoms with Crippen molar-refractivity contribution in [2.75, 3.05) is 0 Å². The smallest absolute Gasteiger partial charge is 0.404 e. The summed E-state index contributed by atoms with van der Waals surface area (Å²) in [7, 11) is 0. The second-order valence-corrected chi connectivity index (χ2v) is 5.10. The molecule has 0 fully saturated rings. The molecule has 4 N–H and O–H groups in total. The van der Waals surface area contributed by atoms with Crippen LogP contribution in [0.25, 0.3) is 0 Å². The molecule has 2 atom stereocenters. The summed E-state index contributed by atoms with van der Waals surface area (Å²) < 4.78 is 0. The summed E-state index contributed by atoms with van der Waals surface area (Å²) in [5.74, 6) is 0. The number of hydrogen-bond donors (Lipinski definition) is 3. The van der Waals surface area contributed by atoms with Gasteiger partial charge < -0.3 is 16.2 Å². The first-order chi connectivity index (χ1) is 10.1. The van der Waals surface area contributed by atoms with Crippen LogP contribution in [-0.2, 0) is 12.8 Å². The summed E-state index contributed by atoms with van der Waals surface area (Å²) in [6.45, 7) is 0. The minimum Gasteiger partial charge on any atom is -0.465 e. The molecule has 1 amide bonds. The van der Waals surface area contributed by atoms with Gasteiger partial charge in [0.25, 0.3) is 0 Å². The van der Waals surface area contributed by atoms with Gasteiger partial charge >= 0.3 is 6.09 Å². The van der Waals surface area contributed by atoms with Crippen molar-refractivity contribution in [2.24, 2.45) is 5.73 Å². The zero-order valence-corrected chi connectivity index (χ0v) is 13.0. The molecule has 118 valence electrons. The Labute approximate surface area is 136 Å². The highest BCUT2D eigenvalue weighted by Crippen LogP contribution is 2.10. The molecular formula is C17H21ClN2O2. The monoisotopic (exact) mass is 320 g/mol. The maximum absolute atomic E-state index is 11.0. The summed E-state index contributed by atoms with van der Waals surface area (Å²) in [5, 5.41) is 11.6. The summed E-state index contributed by atoms with van der Waals surface area (Å²) in [6, 6.07) is 19.1. The van der Waals surface area contributed by atoms with Gasteiger partial charge in [0.2, 0.25) is 0 Å². The van der Waals surface area contributed by atoms with Crippen LogP contribution in [-0.4, -0.2) is 23.3 Å². The van der Waals surface area contributed by atoms with E-state index in [0.29, 0.717) is 12.8 Å². The molecule has 0 aliphatic carbocycles. The van der Waals surface area contributed by atoms with E-state index < -0.39 is 6.09 Å². The van der Waals surface area contributed by atoms with Gasteiger partial charge in [0.15, 0.2) is 0 Å². The average Bonchev–Trinajstić information content (AvgIpc) is 2.48. The Bertz CT molecular complexity index is 563. The van der Waals surface area contributed by atoms with Gasteiger partial charge in [-0.25, -0.2) is 4.79 Å². The van der Waals surface area contributed by atoms with E-state index in [4.69, 9.17) is 10.8 Å². The fourth-order valence-electron chi connectivity index (χ4n) is 2.36. The zero-order valence-electron chi connectivity index (χ0n) is 12.2. The summed E-state index contributed by atoms with van der Waals surface area (Å²) in [5.41, 5.74) is 8.40. The minimum absolute atomic E-state index is 0. The van der Waals surface area contributed by atoms with Crippen LogP contribution in [0.4, 0.5) is 4.79 Å². The number of rotatable bonds is 6. The fourth-order valence-corrected chi connectivity index (χ4v) is 2.36. The van der Waals surface area contributed by atoms with Crippen molar-refractivity contribution in [2.45, 2.75) is 24.9 Å². The van der Waals surface area contributed by atoms with E-state index in [0.717, 1.165) is 11.1 Å². The number of halogens is 1. The topological polar surface area (TPSA) is 75.3 Å². The van der Waals surface area contributed by atoms with Gasteiger partial charge in [0.05, 0.1) is 6.04 Å². The molecule has 0 spiro atoms. The van der Waals surface area contributed by atoms with Gasteiger partial charge in [0, 0.05) is 6.04 Å². The van der Waals surface area contributed by atoms with Gasteiger partial charge in [-0.05, 0) is 24.0 Å². The minimum atomic E-state index is -1.04. The lowest BCUT2D eigenvalue weighted by Crippen LogP contribution is -2.49. The van der Waals surface area contributed by atoms with E-state index >= 15 is 0 Å². The predicted octanol–water partition coefficient (Wildman–Crippen LogP) is 2.86. The number of carbonyl (C=O) groups is 1. The van der Waals surface area contributed by atoms with Crippen LogP contribution < -0.4 is 11.1 Å². The lowest BCUT2D eigenvalue weighted by molar-refractivity contribution is 0.187. The quantitative estimate of drug-likeness (QED) is 0.766. The molecule has 2 aromatic carbocycles. The molecule has 2 aromatic rings. The van der Waals surface area contributed by atoms with E-state index in [1.165, 1.54) is 0 Å². The summed E-state index contributed by atoms with van der Waals surface area (Å²) in [4.78, 5) is 11.0. The van der Waals surface area contributed by atoms with Crippen molar-refractivity contribution in [1.82, 2.24) is 5.32 Å². The third-order valence-corrected chi connectivity index (χ3v) is 3.44. The van der Waals surface area contributed by atoms with Crippen molar-refractivity contribution in [3.05, 3.63) is 71.8 Å². The van der Waals surface area contributed by atoms with Gasteiger partial charge in [-0.15, -0.1) is 12.4 Å². The molecule has 0 saturated carbocycles. The molecule has 22 heavy (non-hydrogen) atoms. The maximum Gasteiger partial charge on any atom is 0.404 e. The van der Waals surface area contributed by atoms with Gasteiger partial charge in [-0.1, -0.05) is 60.7 Å². The molecule has 0 aliphatic heterocycles. The molecule has 0 aliphatic rings. The third-order valence-electron chi connectivity index (χ3n) is 3.44. The van der Waals surface area contributed by atoms with Crippen molar-refractivity contribution in [3.8, 4) is 0 Å². The number of benzene rings is 2. The molecule has 2 rings (SSSR count). The Kier molecular flexibility index (Phi) is 7.43. The van der Waals surface area contributed by atoms with Gasteiger partial charge in [-0.2, -0.15) is 0 Å². The van der Waals surface area contributed by atoms with E-state index in [-0.39, 0.29) is 24.5 Å². The Morgan fingerprint density at radius 2 is 1.41 bits per heavy atom. The van der Waals surface area contributed by atoms with Crippen molar-refractivity contribution >= 4 is 18.5 Å². The average molecular weight is 321 g/mol. The van der Waals surface area contributed by atoms with Crippen LogP contribution in [0.2, 0.25) is 0 Å². The SMILES string of the molecule is Cl.N[C@@H](Cc1ccccc1)[C@H](Cc1ccccc1)NC(=O)O. The van der Waals surface area contributed by atoms with E-state index in [9.17, 15) is 4.79 Å². The number of hydrogen-bond acceptors (Lipinski definition) is 2. The molecule has 0 radical (unpaired) electrons. The Morgan fingerprint density at radius 1 is 0.955 bits per heavy atom.